The normalized spacial score (nSPS) is 26.2. The molecule has 0 aromatic carbocycles. The van der Waals surface area contributed by atoms with Crippen LogP contribution in [0.3, 0.4) is 0 Å². The Morgan fingerprint density at radius 1 is 1.33 bits per heavy atom. The summed E-state index contributed by atoms with van der Waals surface area (Å²) in [5, 5.41) is 5.36. The molecule has 1 heterocycles. The maximum absolute atomic E-state index is 6.00. The Labute approximate surface area is 75.3 Å². The molecule has 0 amide bonds. The van der Waals surface area contributed by atoms with Crippen molar-refractivity contribution in [3.05, 3.63) is 0 Å². The van der Waals surface area contributed by atoms with Crippen LogP contribution in [0.1, 0.15) is 40.0 Å². The van der Waals surface area contributed by atoms with E-state index >= 15 is 0 Å². The first kappa shape index (κ1) is 9.96. The molecule has 0 saturated carbocycles. The van der Waals surface area contributed by atoms with E-state index in [9.17, 15) is 0 Å². The summed E-state index contributed by atoms with van der Waals surface area (Å²) in [4.78, 5) is 0. The topological polar surface area (TPSA) is 41.3 Å². The number of rotatable bonds is 1. The van der Waals surface area contributed by atoms with Crippen molar-refractivity contribution in [2.45, 2.75) is 51.7 Å². The predicted molar refractivity (Wildman–Crippen MR) is 51.4 cm³/mol. The molecule has 0 aromatic rings. The summed E-state index contributed by atoms with van der Waals surface area (Å²) in [6.07, 6.45) is 4.13. The number of nitrogens with one attached hydrogen (secondary N) is 1. The van der Waals surface area contributed by atoms with Crippen LogP contribution in [0.15, 0.2) is 0 Å². The lowest BCUT2D eigenvalue weighted by Crippen LogP contribution is -2.59. The Morgan fingerprint density at radius 3 is 2.42 bits per heavy atom. The van der Waals surface area contributed by atoms with Crippen LogP contribution in [-0.4, -0.2) is 23.3 Å². The summed E-state index contributed by atoms with van der Waals surface area (Å²) in [5.74, 6) is 6.00. The van der Waals surface area contributed by atoms with Crippen LogP contribution >= 0.6 is 0 Å². The molecule has 0 aliphatic carbocycles. The molecule has 0 radical (unpaired) electrons. The van der Waals surface area contributed by atoms with E-state index in [4.69, 9.17) is 5.84 Å². The van der Waals surface area contributed by atoms with E-state index in [0.29, 0.717) is 6.17 Å². The minimum atomic E-state index is 0.0645. The first-order valence-electron chi connectivity index (χ1n) is 4.79. The van der Waals surface area contributed by atoms with Crippen molar-refractivity contribution in [3.8, 4) is 0 Å². The maximum atomic E-state index is 6.00. The molecule has 72 valence electrons. The first-order chi connectivity index (χ1) is 5.52. The average Bonchev–Trinajstić information content (AvgIpc) is 2.03. The van der Waals surface area contributed by atoms with Crippen molar-refractivity contribution in [2.75, 3.05) is 6.54 Å². The molecule has 1 saturated heterocycles. The fourth-order valence-electron chi connectivity index (χ4n) is 1.54. The molecule has 1 aliphatic heterocycles. The van der Waals surface area contributed by atoms with E-state index in [1.54, 1.807) is 0 Å². The fraction of sp³-hybridized carbons (Fsp3) is 1.00. The third-order valence-corrected chi connectivity index (χ3v) is 2.39. The second kappa shape index (κ2) is 3.73. The minimum absolute atomic E-state index is 0.0645. The summed E-state index contributed by atoms with van der Waals surface area (Å²) in [6.45, 7) is 7.53. The molecule has 0 bridgehead atoms. The highest BCUT2D eigenvalue weighted by Gasteiger charge is 2.26. The van der Waals surface area contributed by atoms with Gasteiger partial charge in [0.05, 0.1) is 6.17 Å². The van der Waals surface area contributed by atoms with Crippen LogP contribution in [0.2, 0.25) is 0 Å². The van der Waals surface area contributed by atoms with E-state index < -0.39 is 0 Å². The van der Waals surface area contributed by atoms with E-state index in [0.717, 1.165) is 6.54 Å². The SMILES string of the molecule is CC(C)(C)N(N)C1CCCCN1. The molecule has 1 atom stereocenters. The third-order valence-electron chi connectivity index (χ3n) is 2.39. The number of piperidine rings is 1. The molecule has 3 N–H and O–H groups in total. The van der Waals surface area contributed by atoms with Gasteiger partial charge in [-0.15, -0.1) is 0 Å². The second-order valence-electron chi connectivity index (χ2n) is 4.54. The van der Waals surface area contributed by atoms with Gasteiger partial charge in [0.1, 0.15) is 0 Å². The van der Waals surface area contributed by atoms with E-state index in [2.05, 4.69) is 26.1 Å². The van der Waals surface area contributed by atoms with Gasteiger partial charge in [0.2, 0.25) is 0 Å². The van der Waals surface area contributed by atoms with Crippen LogP contribution in [0.4, 0.5) is 0 Å². The number of hydrogen-bond donors (Lipinski definition) is 2. The largest absolute Gasteiger partial charge is 0.301 e. The van der Waals surface area contributed by atoms with Gasteiger partial charge < -0.3 is 5.32 Å². The Morgan fingerprint density at radius 2 is 2.00 bits per heavy atom. The first-order valence-corrected chi connectivity index (χ1v) is 4.79. The number of nitrogens with zero attached hydrogens (tertiary/aromatic N) is 1. The zero-order valence-electron chi connectivity index (χ0n) is 8.43. The molecular formula is C9H21N3. The van der Waals surface area contributed by atoms with Gasteiger partial charge in [-0.05, 0) is 46.6 Å². The van der Waals surface area contributed by atoms with Crippen molar-refractivity contribution in [1.82, 2.24) is 10.3 Å². The van der Waals surface area contributed by atoms with Gasteiger partial charge in [0.15, 0.2) is 0 Å². The summed E-state index contributed by atoms with van der Waals surface area (Å²) >= 11 is 0. The zero-order valence-corrected chi connectivity index (χ0v) is 8.43. The van der Waals surface area contributed by atoms with Crippen molar-refractivity contribution >= 4 is 0 Å². The number of nitrogens with two attached hydrogens (primary N) is 1. The number of hydrazine groups is 1. The van der Waals surface area contributed by atoms with Crippen LogP contribution in [0, 0.1) is 0 Å². The second-order valence-corrected chi connectivity index (χ2v) is 4.54. The van der Waals surface area contributed by atoms with Gasteiger partial charge in [0.25, 0.3) is 0 Å². The highest BCUT2D eigenvalue weighted by Crippen LogP contribution is 2.16. The molecule has 3 heteroatoms. The van der Waals surface area contributed by atoms with Gasteiger partial charge in [-0.25, -0.2) is 5.01 Å². The van der Waals surface area contributed by atoms with E-state index in [1.165, 1.54) is 19.3 Å². The standard InChI is InChI=1S/C9H21N3/c1-9(2,3)12(10)8-6-4-5-7-11-8/h8,11H,4-7,10H2,1-3H3. The van der Waals surface area contributed by atoms with Gasteiger partial charge in [-0.3, -0.25) is 5.84 Å². The molecule has 3 nitrogen and oxygen atoms in total. The molecule has 1 fully saturated rings. The highest BCUT2D eigenvalue weighted by molar-refractivity contribution is 4.79. The van der Waals surface area contributed by atoms with Crippen molar-refractivity contribution in [3.63, 3.8) is 0 Å². The lowest BCUT2D eigenvalue weighted by Gasteiger charge is -2.40. The Hall–Kier alpha value is -0.120. The summed E-state index contributed by atoms with van der Waals surface area (Å²) in [5.41, 5.74) is 0.0645. The monoisotopic (exact) mass is 171 g/mol. The van der Waals surface area contributed by atoms with Crippen molar-refractivity contribution < 1.29 is 0 Å². The number of hydrogen-bond acceptors (Lipinski definition) is 3. The lowest BCUT2D eigenvalue weighted by atomic mass is 10.0. The van der Waals surface area contributed by atoms with E-state index in [1.807, 2.05) is 5.01 Å². The van der Waals surface area contributed by atoms with Crippen LogP contribution in [-0.2, 0) is 0 Å². The highest BCUT2D eigenvalue weighted by atomic mass is 15.5. The zero-order chi connectivity index (χ0) is 9.19. The maximum Gasteiger partial charge on any atom is 0.0736 e. The van der Waals surface area contributed by atoms with Gasteiger partial charge in [-0.1, -0.05) is 0 Å². The molecule has 1 aliphatic rings. The molecule has 0 spiro atoms. The Kier molecular flexibility index (Phi) is 3.09. The third kappa shape index (κ3) is 2.44. The summed E-state index contributed by atoms with van der Waals surface area (Å²) in [6, 6.07) is 0. The van der Waals surface area contributed by atoms with Gasteiger partial charge in [-0.2, -0.15) is 0 Å². The van der Waals surface area contributed by atoms with Crippen LogP contribution in [0.5, 0.6) is 0 Å². The smallest absolute Gasteiger partial charge is 0.0736 e. The Balaban J connectivity index is 2.45. The fourth-order valence-corrected chi connectivity index (χ4v) is 1.54. The van der Waals surface area contributed by atoms with Gasteiger partial charge >= 0.3 is 0 Å². The van der Waals surface area contributed by atoms with Crippen molar-refractivity contribution in [1.29, 1.82) is 0 Å². The summed E-state index contributed by atoms with van der Waals surface area (Å²) < 4.78 is 0. The molecular weight excluding hydrogens is 150 g/mol. The molecule has 1 unspecified atom stereocenters. The van der Waals surface area contributed by atoms with Crippen LogP contribution in [0.25, 0.3) is 0 Å². The quantitative estimate of drug-likeness (QED) is 0.458. The Bertz CT molecular complexity index is 133. The van der Waals surface area contributed by atoms with Crippen molar-refractivity contribution in [2.24, 2.45) is 5.84 Å². The molecule has 12 heavy (non-hydrogen) atoms. The average molecular weight is 171 g/mol. The van der Waals surface area contributed by atoms with Crippen LogP contribution < -0.4 is 11.2 Å². The predicted octanol–water partition coefficient (Wildman–Crippen LogP) is 1.06. The lowest BCUT2D eigenvalue weighted by molar-refractivity contribution is 0.0474. The molecule has 1 rings (SSSR count). The van der Waals surface area contributed by atoms with Gasteiger partial charge in [0, 0.05) is 5.54 Å². The van der Waals surface area contributed by atoms with E-state index in [-0.39, 0.29) is 5.54 Å². The molecule has 0 aromatic heterocycles. The minimum Gasteiger partial charge on any atom is -0.301 e. The summed E-state index contributed by atoms with van der Waals surface area (Å²) in [7, 11) is 0.